The summed E-state index contributed by atoms with van der Waals surface area (Å²) in [5, 5.41) is 11.2. The van der Waals surface area contributed by atoms with E-state index < -0.39 is 16.1 Å². The number of rotatable bonds is 8. The van der Waals surface area contributed by atoms with E-state index in [1.54, 1.807) is 22.8 Å². The second-order valence-corrected chi connectivity index (χ2v) is 11.0. The zero-order chi connectivity index (χ0) is 24.1. The fourth-order valence-corrected chi connectivity index (χ4v) is 5.78. The van der Waals surface area contributed by atoms with Crippen LogP contribution in [0.3, 0.4) is 0 Å². The van der Waals surface area contributed by atoms with Gasteiger partial charge in [-0.25, -0.2) is 12.7 Å². The summed E-state index contributed by atoms with van der Waals surface area (Å²) in [6.07, 6.45) is 6.64. The number of nitrogens with zero attached hydrogens (tertiary/aromatic N) is 4. The Morgan fingerprint density at radius 2 is 1.71 bits per heavy atom. The van der Waals surface area contributed by atoms with Crippen LogP contribution in [0.4, 0.5) is 0 Å². The third kappa shape index (κ3) is 5.56. The SMILES string of the molecule is Cc1ccccc1C(CC(N=O)c1ccnnc1)c1ccc(C2CCN(S(C)(=O)=O)CC2)cc1. The van der Waals surface area contributed by atoms with E-state index in [0.29, 0.717) is 25.4 Å². The molecule has 0 spiro atoms. The number of nitroso groups, excluding NO2 is 1. The highest BCUT2D eigenvalue weighted by molar-refractivity contribution is 7.88. The number of piperidine rings is 1. The highest BCUT2D eigenvalue weighted by Gasteiger charge is 2.27. The molecule has 0 N–H and O–H groups in total. The topological polar surface area (TPSA) is 92.6 Å². The maximum atomic E-state index is 11.8. The Morgan fingerprint density at radius 3 is 2.29 bits per heavy atom. The minimum Gasteiger partial charge on any atom is -0.213 e. The van der Waals surface area contributed by atoms with Gasteiger partial charge in [-0.2, -0.15) is 15.1 Å². The van der Waals surface area contributed by atoms with Gasteiger partial charge in [-0.1, -0.05) is 53.7 Å². The van der Waals surface area contributed by atoms with Crippen molar-refractivity contribution in [3.8, 4) is 0 Å². The molecule has 2 heterocycles. The van der Waals surface area contributed by atoms with Crippen molar-refractivity contribution in [2.45, 2.75) is 44.1 Å². The molecule has 1 aromatic heterocycles. The number of hydrogen-bond donors (Lipinski definition) is 0. The standard InChI is InChI=1S/C26H30N4O3S/c1-19-5-3-4-6-24(19)25(17-26(29-31)23-11-14-27-28-18-23)22-9-7-20(8-10-22)21-12-15-30(16-13-21)34(2,32)33/h3-11,14,18,21,25-26H,12-13,15-17H2,1-2H3. The molecule has 0 amide bonds. The molecule has 1 fully saturated rings. The summed E-state index contributed by atoms with van der Waals surface area (Å²) in [5.41, 5.74) is 5.46. The Hall–Kier alpha value is -2.97. The van der Waals surface area contributed by atoms with Crippen LogP contribution >= 0.6 is 0 Å². The largest absolute Gasteiger partial charge is 0.213 e. The van der Waals surface area contributed by atoms with Gasteiger partial charge in [0.2, 0.25) is 10.0 Å². The first-order valence-corrected chi connectivity index (χ1v) is 13.4. The Bertz CT molecular complexity index is 1210. The number of sulfonamides is 1. The maximum absolute atomic E-state index is 11.8. The van der Waals surface area contributed by atoms with E-state index in [1.165, 1.54) is 22.9 Å². The summed E-state index contributed by atoms with van der Waals surface area (Å²) in [7, 11) is -3.13. The lowest BCUT2D eigenvalue weighted by Gasteiger charge is -2.30. The van der Waals surface area contributed by atoms with Gasteiger partial charge in [0.05, 0.1) is 12.5 Å². The predicted molar refractivity (Wildman–Crippen MR) is 133 cm³/mol. The normalized spacial score (nSPS) is 17.2. The molecule has 0 radical (unpaired) electrons. The number of hydrogen-bond acceptors (Lipinski definition) is 6. The molecule has 1 aliphatic heterocycles. The monoisotopic (exact) mass is 478 g/mol. The molecule has 4 rings (SSSR count). The molecular formula is C26H30N4O3S. The fourth-order valence-electron chi connectivity index (χ4n) is 4.90. The molecular weight excluding hydrogens is 448 g/mol. The number of aromatic nitrogens is 2. The second-order valence-electron chi connectivity index (χ2n) is 9.04. The third-order valence-electron chi connectivity index (χ3n) is 6.88. The molecule has 3 aromatic rings. The molecule has 0 saturated carbocycles. The van der Waals surface area contributed by atoms with Gasteiger partial charge in [-0.05, 0) is 60.4 Å². The van der Waals surface area contributed by atoms with Crippen LogP contribution in [0.25, 0.3) is 0 Å². The van der Waals surface area contributed by atoms with Gasteiger partial charge in [-0.15, -0.1) is 0 Å². The quantitative estimate of drug-likeness (QED) is 0.427. The number of benzene rings is 2. The summed E-state index contributed by atoms with van der Waals surface area (Å²) >= 11 is 0. The molecule has 178 valence electrons. The van der Waals surface area contributed by atoms with Crippen LogP contribution in [0.5, 0.6) is 0 Å². The van der Waals surface area contributed by atoms with Crippen LogP contribution < -0.4 is 0 Å². The van der Waals surface area contributed by atoms with Crippen molar-refractivity contribution in [3.63, 3.8) is 0 Å². The number of aryl methyl sites for hydroxylation is 1. The summed E-state index contributed by atoms with van der Waals surface area (Å²) < 4.78 is 25.2. The van der Waals surface area contributed by atoms with E-state index in [9.17, 15) is 13.3 Å². The smallest absolute Gasteiger partial charge is 0.211 e. The molecule has 2 atom stereocenters. The van der Waals surface area contributed by atoms with E-state index in [0.717, 1.165) is 24.0 Å². The first-order chi connectivity index (χ1) is 16.4. The van der Waals surface area contributed by atoms with Crippen molar-refractivity contribution in [1.82, 2.24) is 14.5 Å². The average molecular weight is 479 g/mol. The van der Waals surface area contributed by atoms with Gasteiger partial charge in [0.1, 0.15) is 6.04 Å². The van der Waals surface area contributed by atoms with E-state index >= 15 is 0 Å². The van der Waals surface area contributed by atoms with Crippen LogP contribution in [0.1, 0.15) is 65.0 Å². The van der Waals surface area contributed by atoms with Crippen LogP contribution in [0.2, 0.25) is 0 Å². The summed E-state index contributed by atoms with van der Waals surface area (Å²) in [4.78, 5) is 11.8. The second kappa shape index (κ2) is 10.5. The fraction of sp³-hybridized carbons (Fsp3) is 0.385. The average Bonchev–Trinajstić information content (AvgIpc) is 2.86. The van der Waals surface area contributed by atoms with Crippen molar-refractivity contribution in [2.24, 2.45) is 5.18 Å². The van der Waals surface area contributed by atoms with E-state index in [4.69, 9.17) is 0 Å². The Kier molecular flexibility index (Phi) is 7.48. The Labute approximate surface area is 201 Å². The molecule has 2 aromatic carbocycles. The van der Waals surface area contributed by atoms with Gasteiger partial charge in [0.15, 0.2) is 0 Å². The Morgan fingerprint density at radius 1 is 1.00 bits per heavy atom. The van der Waals surface area contributed by atoms with E-state index in [2.05, 4.69) is 58.7 Å². The lowest BCUT2D eigenvalue weighted by Crippen LogP contribution is -2.37. The highest BCUT2D eigenvalue weighted by atomic mass is 32.2. The summed E-state index contributed by atoms with van der Waals surface area (Å²) in [6.45, 7) is 3.21. The van der Waals surface area contributed by atoms with Crippen LogP contribution in [-0.4, -0.2) is 42.3 Å². The minimum absolute atomic E-state index is 0.00167. The van der Waals surface area contributed by atoms with Crippen LogP contribution in [0, 0.1) is 11.8 Å². The molecule has 0 aliphatic carbocycles. The predicted octanol–water partition coefficient (Wildman–Crippen LogP) is 4.95. The lowest BCUT2D eigenvalue weighted by atomic mass is 9.81. The molecule has 34 heavy (non-hydrogen) atoms. The Balaban J connectivity index is 1.58. The molecule has 8 heteroatoms. The molecule has 1 aliphatic rings. The van der Waals surface area contributed by atoms with Crippen molar-refractivity contribution >= 4 is 10.0 Å². The van der Waals surface area contributed by atoms with Crippen molar-refractivity contribution in [2.75, 3.05) is 19.3 Å². The summed E-state index contributed by atoms with van der Waals surface area (Å²) in [6, 6.07) is 18.1. The summed E-state index contributed by atoms with van der Waals surface area (Å²) in [5.74, 6) is 0.342. The zero-order valence-electron chi connectivity index (χ0n) is 19.5. The van der Waals surface area contributed by atoms with Gasteiger partial charge in [0.25, 0.3) is 0 Å². The molecule has 7 nitrogen and oxygen atoms in total. The maximum Gasteiger partial charge on any atom is 0.211 e. The van der Waals surface area contributed by atoms with Crippen molar-refractivity contribution in [3.05, 3.63) is 99.7 Å². The molecule has 2 unspecified atom stereocenters. The third-order valence-corrected chi connectivity index (χ3v) is 8.18. The minimum atomic E-state index is -3.13. The lowest BCUT2D eigenvalue weighted by molar-refractivity contribution is 0.321. The van der Waals surface area contributed by atoms with Crippen LogP contribution in [-0.2, 0) is 10.0 Å². The molecule has 0 bridgehead atoms. The van der Waals surface area contributed by atoms with Gasteiger partial charge < -0.3 is 0 Å². The van der Waals surface area contributed by atoms with Crippen molar-refractivity contribution in [1.29, 1.82) is 0 Å². The van der Waals surface area contributed by atoms with Crippen LogP contribution in [0.15, 0.2) is 72.2 Å². The first-order valence-electron chi connectivity index (χ1n) is 11.6. The van der Waals surface area contributed by atoms with E-state index in [1.807, 2.05) is 12.1 Å². The molecule has 1 saturated heterocycles. The first kappa shape index (κ1) is 24.2. The zero-order valence-corrected chi connectivity index (χ0v) is 20.4. The van der Waals surface area contributed by atoms with Crippen molar-refractivity contribution < 1.29 is 8.42 Å². The highest BCUT2D eigenvalue weighted by Crippen LogP contribution is 2.38. The van der Waals surface area contributed by atoms with E-state index in [-0.39, 0.29) is 5.92 Å². The van der Waals surface area contributed by atoms with Gasteiger partial charge >= 0.3 is 0 Å². The van der Waals surface area contributed by atoms with Gasteiger partial charge in [0, 0.05) is 30.8 Å². The van der Waals surface area contributed by atoms with Gasteiger partial charge in [-0.3, -0.25) is 0 Å².